The molecule has 1 aromatic heterocycles. The maximum atomic E-state index is 13.9. The third-order valence-corrected chi connectivity index (χ3v) is 3.55. The van der Waals surface area contributed by atoms with Gasteiger partial charge in [0.2, 0.25) is 0 Å². The van der Waals surface area contributed by atoms with E-state index in [9.17, 15) is 4.39 Å². The average Bonchev–Trinajstić information content (AvgIpc) is 2.61. The molecule has 0 spiro atoms. The Morgan fingerprint density at radius 3 is 2.82 bits per heavy atom. The molecular formula is C12H12FIN2O. The molecule has 90 valence electrons. The van der Waals surface area contributed by atoms with Crippen molar-refractivity contribution < 1.29 is 9.13 Å². The van der Waals surface area contributed by atoms with Gasteiger partial charge in [0.1, 0.15) is 3.70 Å². The maximum Gasteiger partial charge on any atom is 0.170 e. The average molecular weight is 346 g/mol. The van der Waals surface area contributed by atoms with Crippen LogP contribution in [-0.4, -0.2) is 16.9 Å². The molecule has 17 heavy (non-hydrogen) atoms. The van der Waals surface area contributed by atoms with Crippen LogP contribution in [0.25, 0.3) is 0 Å². The molecular weight excluding hydrogens is 334 g/mol. The second-order valence-corrected chi connectivity index (χ2v) is 4.76. The minimum atomic E-state index is -0.321. The van der Waals surface area contributed by atoms with Crippen molar-refractivity contribution in [3.8, 4) is 5.75 Å². The van der Waals surface area contributed by atoms with Gasteiger partial charge in [-0.15, -0.1) is 0 Å². The van der Waals surface area contributed by atoms with Crippen molar-refractivity contribution in [3.05, 3.63) is 45.0 Å². The van der Waals surface area contributed by atoms with Gasteiger partial charge in [0, 0.05) is 17.3 Å². The molecule has 0 unspecified atom stereocenters. The molecule has 3 nitrogen and oxygen atoms in total. The van der Waals surface area contributed by atoms with Crippen molar-refractivity contribution >= 4 is 22.6 Å². The molecule has 0 aliphatic rings. The van der Waals surface area contributed by atoms with Gasteiger partial charge < -0.3 is 4.74 Å². The fourth-order valence-corrected chi connectivity index (χ4v) is 2.01. The fourth-order valence-electron chi connectivity index (χ4n) is 1.59. The molecule has 0 bridgehead atoms. The third-order valence-electron chi connectivity index (χ3n) is 2.48. The van der Waals surface area contributed by atoms with Crippen molar-refractivity contribution in [2.45, 2.75) is 13.5 Å². The summed E-state index contributed by atoms with van der Waals surface area (Å²) in [4.78, 5) is 0. The highest BCUT2D eigenvalue weighted by atomic mass is 127. The van der Waals surface area contributed by atoms with E-state index in [-0.39, 0.29) is 11.6 Å². The predicted molar refractivity (Wildman–Crippen MR) is 71.7 cm³/mol. The molecule has 0 N–H and O–H groups in total. The zero-order chi connectivity index (χ0) is 12.4. The van der Waals surface area contributed by atoms with Crippen LogP contribution in [-0.2, 0) is 6.54 Å². The van der Waals surface area contributed by atoms with Crippen LogP contribution < -0.4 is 4.74 Å². The molecule has 0 aliphatic carbocycles. The molecule has 1 aromatic carbocycles. The van der Waals surface area contributed by atoms with Crippen LogP contribution >= 0.6 is 22.6 Å². The fraction of sp³-hybridized carbons (Fsp3) is 0.250. The Balaban J connectivity index is 2.30. The number of hydrogen-bond acceptors (Lipinski definition) is 2. The van der Waals surface area contributed by atoms with Gasteiger partial charge in [0.05, 0.1) is 13.7 Å². The highest BCUT2D eigenvalue weighted by Gasteiger charge is 2.10. The van der Waals surface area contributed by atoms with Crippen LogP contribution in [0.3, 0.4) is 0 Å². The lowest BCUT2D eigenvalue weighted by Gasteiger charge is -2.07. The summed E-state index contributed by atoms with van der Waals surface area (Å²) < 4.78 is 21.5. The summed E-state index contributed by atoms with van der Waals surface area (Å²) in [6.45, 7) is 2.39. The Bertz CT molecular complexity index is 520. The number of nitrogens with zero attached hydrogens (tertiary/aromatic N) is 2. The number of benzene rings is 1. The first-order valence-corrected chi connectivity index (χ1v) is 6.20. The minimum Gasteiger partial charge on any atom is -0.494 e. The Labute approximate surface area is 113 Å². The first kappa shape index (κ1) is 12.3. The van der Waals surface area contributed by atoms with Gasteiger partial charge in [0.25, 0.3) is 0 Å². The molecule has 0 saturated carbocycles. The van der Waals surface area contributed by atoms with E-state index in [1.807, 2.05) is 13.1 Å². The number of aromatic nitrogens is 2. The Kier molecular flexibility index (Phi) is 3.66. The largest absolute Gasteiger partial charge is 0.494 e. The molecule has 0 aliphatic heterocycles. The molecule has 0 saturated heterocycles. The molecule has 0 atom stereocenters. The Hall–Kier alpha value is -1.11. The highest BCUT2D eigenvalue weighted by molar-refractivity contribution is 14.1. The van der Waals surface area contributed by atoms with Crippen LogP contribution in [0.1, 0.15) is 11.1 Å². The van der Waals surface area contributed by atoms with Crippen molar-refractivity contribution in [1.29, 1.82) is 0 Å². The van der Waals surface area contributed by atoms with Crippen molar-refractivity contribution in [1.82, 2.24) is 9.78 Å². The summed E-state index contributed by atoms with van der Waals surface area (Å²) in [5.41, 5.74) is 1.66. The lowest BCUT2D eigenvalue weighted by Crippen LogP contribution is -2.03. The van der Waals surface area contributed by atoms with Gasteiger partial charge in [-0.2, -0.15) is 5.10 Å². The van der Waals surface area contributed by atoms with Crippen LogP contribution in [0.5, 0.6) is 5.75 Å². The van der Waals surface area contributed by atoms with E-state index in [1.165, 1.54) is 7.11 Å². The lowest BCUT2D eigenvalue weighted by atomic mass is 10.2. The number of hydrogen-bond donors (Lipinski definition) is 0. The molecule has 0 fully saturated rings. The summed E-state index contributed by atoms with van der Waals surface area (Å²) >= 11 is 2.16. The monoisotopic (exact) mass is 346 g/mol. The van der Waals surface area contributed by atoms with Crippen molar-refractivity contribution in [2.24, 2.45) is 0 Å². The quantitative estimate of drug-likeness (QED) is 0.799. The smallest absolute Gasteiger partial charge is 0.170 e. The molecule has 5 heteroatoms. The van der Waals surface area contributed by atoms with Gasteiger partial charge in [0.15, 0.2) is 11.6 Å². The summed E-state index contributed by atoms with van der Waals surface area (Å²) in [5.74, 6) is -0.0563. The van der Waals surface area contributed by atoms with Crippen LogP contribution in [0.4, 0.5) is 4.39 Å². The van der Waals surface area contributed by atoms with Gasteiger partial charge in [-0.1, -0.05) is 12.1 Å². The van der Waals surface area contributed by atoms with E-state index >= 15 is 0 Å². The Morgan fingerprint density at radius 2 is 2.24 bits per heavy atom. The van der Waals surface area contributed by atoms with Crippen LogP contribution in [0.15, 0.2) is 24.4 Å². The standard InChI is InChI=1S/C12H12FIN2O/c1-8-6-16(15-12(8)14)7-9-4-3-5-10(17-2)11(9)13/h3-6H,7H2,1-2H3. The third kappa shape index (κ3) is 2.59. The number of methoxy groups -OCH3 is 1. The topological polar surface area (TPSA) is 27.1 Å². The van der Waals surface area contributed by atoms with E-state index < -0.39 is 0 Å². The highest BCUT2D eigenvalue weighted by Crippen LogP contribution is 2.21. The van der Waals surface area contributed by atoms with Gasteiger partial charge >= 0.3 is 0 Å². The molecule has 0 radical (unpaired) electrons. The number of aryl methyl sites for hydroxylation is 1. The second-order valence-electron chi connectivity index (χ2n) is 3.73. The number of halogens is 2. The molecule has 1 heterocycles. The molecule has 0 amide bonds. The summed E-state index contributed by atoms with van der Waals surface area (Å²) in [6.07, 6.45) is 1.90. The maximum absolute atomic E-state index is 13.9. The predicted octanol–water partition coefficient (Wildman–Crippen LogP) is 2.99. The zero-order valence-corrected chi connectivity index (χ0v) is 11.7. The summed E-state index contributed by atoms with van der Waals surface area (Å²) in [6, 6.07) is 5.12. The van der Waals surface area contributed by atoms with Gasteiger partial charge in [-0.3, -0.25) is 4.68 Å². The summed E-state index contributed by atoms with van der Waals surface area (Å²) in [7, 11) is 1.46. The number of rotatable bonds is 3. The number of ether oxygens (including phenoxy) is 1. The SMILES string of the molecule is COc1cccc(Cn2cc(C)c(I)n2)c1F. The first-order valence-electron chi connectivity index (χ1n) is 5.12. The van der Waals surface area contributed by atoms with Crippen LogP contribution in [0, 0.1) is 16.4 Å². The van der Waals surface area contributed by atoms with E-state index in [1.54, 1.807) is 22.9 Å². The molecule has 2 rings (SSSR count). The second kappa shape index (κ2) is 5.03. The normalized spacial score (nSPS) is 10.6. The van der Waals surface area contributed by atoms with Gasteiger partial charge in [-0.25, -0.2) is 4.39 Å². The van der Waals surface area contributed by atoms with Crippen molar-refractivity contribution in [3.63, 3.8) is 0 Å². The molecule has 2 aromatic rings. The van der Waals surface area contributed by atoms with E-state index in [0.717, 1.165) is 9.26 Å². The minimum absolute atomic E-state index is 0.265. The van der Waals surface area contributed by atoms with Crippen molar-refractivity contribution in [2.75, 3.05) is 7.11 Å². The lowest BCUT2D eigenvalue weighted by molar-refractivity contribution is 0.383. The zero-order valence-electron chi connectivity index (χ0n) is 9.58. The van der Waals surface area contributed by atoms with E-state index in [0.29, 0.717) is 12.1 Å². The Morgan fingerprint density at radius 1 is 1.47 bits per heavy atom. The van der Waals surface area contributed by atoms with E-state index in [2.05, 4.69) is 27.7 Å². The van der Waals surface area contributed by atoms with Gasteiger partial charge in [-0.05, 0) is 35.6 Å². The summed E-state index contributed by atoms with van der Waals surface area (Å²) in [5, 5.41) is 4.30. The van der Waals surface area contributed by atoms with E-state index in [4.69, 9.17) is 4.74 Å². The van der Waals surface area contributed by atoms with Crippen LogP contribution in [0.2, 0.25) is 0 Å². The first-order chi connectivity index (χ1) is 8.11.